The molecule has 1 fully saturated rings. The fourth-order valence-corrected chi connectivity index (χ4v) is 3.68. The largest absolute Gasteiger partial charge is 1.00 e. The van der Waals surface area contributed by atoms with Crippen molar-refractivity contribution in [1.29, 1.82) is 0 Å². The lowest BCUT2D eigenvalue weighted by Gasteiger charge is -2.22. The lowest BCUT2D eigenvalue weighted by atomic mass is 9.95. The predicted octanol–water partition coefficient (Wildman–Crippen LogP) is 1.32. The van der Waals surface area contributed by atoms with Crippen molar-refractivity contribution in [3.63, 3.8) is 0 Å². The number of carbonyl (C=O) groups is 1. The summed E-state index contributed by atoms with van der Waals surface area (Å²) >= 11 is 0. The summed E-state index contributed by atoms with van der Waals surface area (Å²) in [5.74, 6) is 1.61. The Balaban J connectivity index is 0.00000121. The molecule has 0 aliphatic heterocycles. The lowest BCUT2D eigenvalue weighted by Crippen LogP contribution is -3.00. The third-order valence-electron chi connectivity index (χ3n) is 4.77. The van der Waals surface area contributed by atoms with Gasteiger partial charge in [-0.1, -0.05) is 25.3 Å². The molecule has 0 bridgehead atoms. The highest BCUT2D eigenvalue weighted by atomic mass is 35.5. The molecule has 0 amide bonds. The van der Waals surface area contributed by atoms with Crippen LogP contribution in [0.5, 0.6) is 0 Å². The quantitative estimate of drug-likeness (QED) is 0.680. The van der Waals surface area contributed by atoms with Crippen molar-refractivity contribution < 1.29 is 26.2 Å². The van der Waals surface area contributed by atoms with Crippen molar-refractivity contribution in [2.45, 2.75) is 45.1 Å². The van der Waals surface area contributed by atoms with Crippen molar-refractivity contribution in [1.82, 2.24) is 4.40 Å². The molecule has 0 saturated heterocycles. The van der Waals surface area contributed by atoms with Gasteiger partial charge in [-0.3, -0.25) is 0 Å². The highest BCUT2D eigenvalue weighted by molar-refractivity contribution is 5.85. The number of anilines is 1. The zero-order valence-corrected chi connectivity index (χ0v) is 16.2. The molecule has 3 heterocycles. The average molecular weight is 396 g/mol. The van der Waals surface area contributed by atoms with Crippen LogP contribution < -0.4 is 22.3 Å². The van der Waals surface area contributed by atoms with Crippen LogP contribution in [0.2, 0.25) is 0 Å². The number of furan rings is 1. The van der Waals surface area contributed by atoms with Gasteiger partial charge in [-0.25, -0.2) is 4.79 Å². The van der Waals surface area contributed by atoms with Crippen LogP contribution in [0.3, 0.4) is 0 Å². The Hall–Kier alpha value is -1.98. The molecule has 3 aromatic heterocycles. The summed E-state index contributed by atoms with van der Waals surface area (Å²) in [6.45, 7) is 1.59. The van der Waals surface area contributed by atoms with E-state index in [9.17, 15) is 4.79 Å². The number of pyridine rings is 1. The molecule has 7 heteroatoms. The molecule has 1 aliphatic carbocycles. The van der Waals surface area contributed by atoms with E-state index in [4.69, 9.17) is 4.42 Å². The highest BCUT2D eigenvalue weighted by Crippen LogP contribution is 2.30. The van der Waals surface area contributed by atoms with E-state index in [-0.39, 0.29) is 30.7 Å². The van der Waals surface area contributed by atoms with Crippen LogP contribution in [0.25, 0.3) is 17.1 Å². The van der Waals surface area contributed by atoms with Gasteiger partial charge in [0.25, 0.3) is 11.5 Å². The molecule has 0 aromatic carbocycles. The van der Waals surface area contributed by atoms with Gasteiger partial charge in [0, 0.05) is 19.0 Å². The fourth-order valence-electron chi connectivity index (χ4n) is 3.68. The first-order chi connectivity index (χ1) is 11.8. The standard InChI is InChI=1S/C19H22N3O2.2ClH/c1-14(23)22-17-11-5-6-12-21(17)19(18(22)16-10-7-13-24-16)20-15-8-3-2-4-9-15;;/h5-7,10-13,15,20H,2-4,8-9H2,1H3;2*1H/q+1;;/p-1. The van der Waals surface area contributed by atoms with Crippen molar-refractivity contribution in [3.05, 3.63) is 42.8 Å². The Bertz CT molecular complexity index is 868. The Morgan fingerprint density at radius 2 is 1.96 bits per heavy atom. The molecule has 1 N–H and O–H groups in total. The van der Waals surface area contributed by atoms with E-state index in [0.717, 1.165) is 30.0 Å². The number of halogens is 2. The third kappa shape index (κ3) is 3.60. The maximum Gasteiger partial charge on any atom is 0.312 e. The molecular weight excluding hydrogens is 373 g/mol. The summed E-state index contributed by atoms with van der Waals surface area (Å²) in [5, 5.41) is 3.69. The first kappa shape index (κ1) is 20.3. The van der Waals surface area contributed by atoms with E-state index in [1.807, 2.05) is 40.9 Å². The molecule has 140 valence electrons. The Labute approximate surface area is 165 Å². The van der Waals surface area contributed by atoms with E-state index in [1.54, 1.807) is 17.8 Å². The van der Waals surface area contributed by atoms with Crippen molar-refractivity contribution in [2.75, 3.05) is 5.32 Å². The van der Waals surface area contributed by atoms with E-state index in [2.05, 4.69) is 5.32 Å². The molecule has 0 atom stereocenters. The molecular formula is C19H23Cl2N3O2. The monoisotopic (exact) mass is 395 g/mol. The van der Waals surface area contributed by atoms with Gasteiger partial charge >= 0.3 is 5.91 Å². The number of hydrogen-bond acceptors (Lipinski definition) is 3. The predicted molar refractivity (Wildman–Crippen MR) is 99.3 cm³/mol. The summed E-state index contributed by atoms with van der Waals surface area (Å²) in [7, 11) is 0. The SMILES string of the molecule is CC(=O)[n+]1c(-c2ccco2)c(NC2CCCCC2)n2ccccc21.Cl.[Cl-]. The maximum atomic E-state index is 12.4. The lowest BCUT2D eigenvalue weighted by molar-refractivity contribution is -0.532. The number of nitrogens with one attached hydrogen (secondary N) is 1. The van der Waals surface area contributed by atoms with Gasteiger partial charge in [0.2, 0.25) is 5.69 Å². The minimum absolute atomic E-state index is 0. The number of fused-ring (bicyclic) bond motifs is 1. The molecule has 0 radical (unpaired) electrons. The second-order valence-corrected chi connectivity index (χ2v) is 6.44. The van der Waals surface area contributed by atoms with Gasteiger partial charge in [-0.05, 0) is 31.0 Å². The van der Waals surface area contributed by atoms with Crippen LogP contribution in [0, 0.1) is 0 Å². The maximum absolute atomic E-state index is 12.4. The average Bonchev–Trinajstić information content (AvgIpc) is 3.22. The number of rotatable bonds is 3. The smallest absolute Gasteiger partial charge is 0.312 e. The highest BCUT2D eigenvalue weighted by Gasteiger charge is 2.32. The second kappa shape index (κ2) is 8.60. The number of imidazole rings is 1. The van der Waals surface area contributed by atoms with Crippen molar-refractivity contribution >= 4 is 29.8 Å². The van der Waals surface area contributed by atoms with Crippen LogP contribution in [0.15, 0.2) is 47.2 Å². The van der Waals surface area contributed by atoms with Gasteiger partial charge < -0.3 is 22.1 Å². The molecule has 0 spiro atoms. The second-order valence-electron chi connectivity index (χ2n) is 6.44. The summed E-state index contributed by atoms with van der Waals surface area (Å²) in [6.07, 6.45) is 9.79. The normalized spacial score (nSPS) is 14.5. The van der Waals surface area contributed by atoms with Crippen LogP contribution >= 0.6 is 12.4 Å². The molecule has 0 unspecified atom stereocenters. The van der Waals surface area contributed by atoms with E-state index in [0.29, 0.717) is 11.8 Å². The van der Waals surface area contributed by atoms with Crippen LogP contribution in [0.4, 0.5) is 5.82 Å². The minimum Gasteiger partial charge on any atom is -1.00 e. The van der Waals surface area contributed by atoms with E-state index in [1.165, 1.54) is 19.3 Å². The zero-order chi connectivity index (χ0) is 16.5. The van der Waals surface area contributed by atoms with Crippen LogP contribution in [-0.2, 0) is 0 Å². The van der Waals surface area contributed by atoms with Crippen LogP contribution in [-0.4, -0.2) is 16.3 Å². The van der Waals surface area contributed by atoms with Gasteiger partial charge in [0.05, 0.1) is 12.5 Å². The van der Waals surface area contributed by atoms with E-state index >= 15 is 0 Å². The Kier molecular flexibility index (Phi) is 6.73. The number of carbonyl (C=O) groups excluding carboxylic acids is 1. The molecule has 4 rings (SSSR count). The van der Waals surface area contributed by atoms with Gasteiger partial charge in [-0.2, -0.15) is 8.97 Å². The van der Waals surface area contributed by atoms with Crippen molar-refractivity contribution in [3.8, 4) is 11.5 Å². The summed E-state index contributed by atoms with van der Waals surface area (Å²) < 4.78 is 9.42. The van der Waals surface area contributed by atoms with Crippen LogP contribution in [0.1, 0.15) is 43.8 Å². The fraction of sp³-hybridized carbons (Fsp3) is 0.368. The first-order valence-electron chi connectivity index (χ1n) is 8.62. The molecule has 1 saturated carbocycles. The third-order valence-corrected chi connectivity index (χ3v) is 4.77. The number of aromatic nitrogens is 2. The Morgan fingerprint density at radius 3 is 2.62 bits per heavy atom. The summed E-state index contributed by atoms with van der Waals surface area (Å²) in [4.78, 5) is 12.4. The molecule has 3 aromatic rings. The van der Waals surface area contributed by atoms with Crippen molar-refractivity contribution in [2.24, 2.45) is 0 Å². The molecule has 1 aliphatic rings. The number of nitrogens with zero attached hydrogens (tertiary/aromatic N) is 2. The first-order valence-corrected chi connectivity index (χ1v) is 8.62. The number of hydrogen-bond donors (Lipinski definition) is 1. The molecule has 26 heavy (non-hydrogen) atoms. The van der Waals surface area contributed by atoms with E-state index < -0.39 is 0 Å². The minimum atomic E-state index is -0.0261. The summed E-state index contributed by atoms with van der Waals surface area (Å²) in [5.41, 5.74) is 1.64. The van der Waals surface area contributed by atoms with Gasteiger partial charge in [0.1, 0.15) is 0 Å². The van der Waals surface area contributed by atoms with Gasteiger partial charge in [-0.15, -0.1) is 12.4 Å². The zero-order valence-electron chi connectivity index (χ0n) is 14.7. The Morgan fingerprint density at radius 1 is 1.19 bits per heavy atom. The van der Waals surface area contributed by atoms with Gasteiger partial charge in [0.15, 0.2) is 5.76 Å². The topological polar surface area (TPSA) is 50.5 Å². The molecule has 5 nitrogen and oxygen atoms in total. The summed E-state index contributed by atoms with van der Waals surface area (Å²) in [6, 6.07) is 10.1.